The largest absolute Gasteiger partial charge is 0.293 e. The second-order valence-electron chi connectivity index (χ2n) is 2.28. The molecule has 0 aliphatic heterocycles. The molecule has 0 radical (unpaired) electrons. The number of alkyl halides is 1. The van der Waals surface area contributed by atoms with Crippen LogP contribution in [0, 0.1) is 5.82 Å². The molecule has 0 atom stereocenters. The van der Waals surface area contributed by atoms with Crippen LogP contribution in [0.5, 0.6) is 0 Å². The number of Topliss-reactive ketones (excluding diaryl/α,β-unsaturated/α-hetero) is 1. The van der Waals surface area contributed by atoms with Crippen molar-refractivity contribution in [3.05, 3.63) is 33.6 Å². The molecular formula is C8H4BrCl2FO. The van der Waals surface area contributed by atoms with E-state index in [9.17, 15) is 9.18 Å². The Morgan fingerprint density at radius 3 is 2.54 bits per heavy atom. The average Bonchev–Trinajstić information content (AvgIpc) is 2.13. The Labute approximate surface area is 93.0 Å². The van der Waals surface area contributed by atoms with Gasteiger partial charge < -0.3 is 0 Å². The van der Waals surface area contributed by atoms with Crippen LogP contribution in [0.25, 0.3) is 0 Å². The summed E-state index contributed by atoms with van der Waals surface area (Å²) in [6, 6.07) is 2.43. The van der Waals surface area contributed by atoms with Gasteiger partial charge in [0.05, 0.1) is 15.4 Å². The Bertz CT molecular complexity index is 354. The van der Waals surface area contributed by atoms with E-state index in [0.717, 1.165) is 6.07 Å². The minimum Gasteiger partial charge on any atom is -0.293 e. The van der Waals surface area contributed by atoms with Crippen LogP contribution in [0.2, 0.25) is 10.0 Å². The van der Waals surface area contributed by atoms with Crippen LogP contribution in [0.4, 0.5) is 4.39 Å². The quantitative estimate of drug-likeness (QED) is 0.460. The number of halogens is 4. The highest BCUT2D eigenvalue weighted by Gasteiger charge is 2.14. The smallest absolute Gasteiger partial charge is 0.174 e. The third kappa shape index (κ3) is 2.22. The predicted molar refractivity (Wildman–Crippen MR) is 54.5 cm³/mol. The fourth-order valence-electron chi connectivity index (χ4n) is 0.813. The summed E-state index contributed by atoms with van der Waals surface area (Å²) in [7, 11) is 0. The summed E-state index contributed by atoms with van der Waals surface area (Å²) in [5, 5.41) is -0.117. The van der Waals surface area contributed by atoms with Gasteiger partial charge in [-0.05, 0) is 12.1 Å². The van der Waals surface area contributed by atoms with E-state index in [1.165, 1.54) is 6.07 Å². The van der Waals surface area contributed by atoms with E-state index < -0.39 is 5.82 Å². The number of hydrogen-bond acceptors (Lipinski definition) is 1. The highest BCUT2D eigenvalue weighted by molar-refractivity contribution is 9.09. The molecule has 0 fully saturated rings. The molecule has 0 saturated heterocycles. The number of rotatable bonds is 2. The molecule has 0 aliphatic carbocycles. The van der Waals surface area contributed by atoms with Crippen LogP contribution in [0.15, 0.2) is 12.1 Å². The van der Waals surface area contributed by atoms with Gasteiger partial charge in [-0.15, -0.1) is 0 Å². The van der Waals surface area contributed by atoms with Crippen molar-refractivity contribution in [2.24, 2.45) is 0 Å². The topological polar surface area (TPSA) is 17.1 Å². The van der Waals surface area contributed by atoms with Gasteiger partial charge in [0.2, 0.25) is 0 Å². The van der Waals surface area contributed by atoms with Crippen molar-refractivity contribution >= 4 is 44.9 Å². The Morgan fingerprint density at radius 2 is 2.00 bits per heavy atom. The zero-order valence-corrected chi connectivity index (χ0v) is 9.38. The molecule has 70 valence electrons. The van der Waals surface area contributed by atoms with E-state index in [-0.39, 0.29) is 26.7 Å². The van der Waals surface area contributed by atoms with Gasteiger partial charge in [-0.2, -0.15) is 0 Å². The van der Waals surface area contributed by atoms with Gasteiger partial charge >= 0.3 is 0 Å². The van der Waals surface area contributed by atoms with Crippen molar-refractivity contribution in [2.75, 3.05) is 5.33 Å². The van der Waals surface area contributed by atoms with Crippen LogP contribution < -0.4 is 0 Å². The molecular weight excluding hydrogens is 282 g/mol. The zero-order valence-electron chi connectivity index (χ0n) is 6.28. The molecule has 0 saturated carbocycles. The lowest BCUT2D eigenvalue weighted by Crippen LogP contribution is -2.01. The molecule has 0 unspecified atom stereocenters. The Balaban J connectivity index is 3.26. The van der Waals surface area contributed by atoms with Crippen LogP contribution in [0.1, 0.15) is 10.4 Å². The van der Waals surface area contributed by atoms with E-state index >= 15 is 0 Å². The zero-order chi connectivity index (χ0) is 10.0. The Kier molecular flexibility index (Phi) is 3.71. The molecule has 0 bridgehead atoms. The van der Waals surface area contributed by atoms with Gasteiger partial charge in [-0.25, -0.2) is 4.39 Å². The van der Waals surface area contributed by atoms with Crippen molar-refractivity contribution in [2.45, 2.75) is 0 Å². The molecule has 0 spiro atoms. The van der Waals surface area contributed by atoms with E-state index in [0.29, 0.717) is 0 Å². The van der Waals surface area contributed by atoms with Crippen molar-refractivity contribution in [3.63, 3.8) is 0 Å². The second kappa shape index (κ2) is 4.40. The van der Waals surface area contributed by atoms with Gasteiger partial charge in [-0.3, -0.25) is 4.79 Å². The first-order valence-electron chi connectivity index (χ1n) is 3.30. The first-order chi connectivity index (χ1) is 6.07. The van der Waals surface area contributed by atoms with Gasteiger partial charge in [0.15, 0.2) is 5.78 Å². The molecule has 5 heteroatoms. The third-order valence-electron chi connectivity index (χ3n) is 1.46. The Hall–Kier alpha value is -0.120. The maximum Gasteiger partial charge on any atom is 0.174 e. The number of ketones is 1. The van der Waals surface area contributed by atoms with Crippen LogP contribution >= 0.6 is 39.1 Å². The minimum atomic E-state index is -0.627. The molecule has 0 amide bonds. The SMILES string of the molecule is O=C(CBr)c1ccc(F)c(Cl)c1Cl. The van der Waals surface area contributed by atoms with Crippen molar-refractivity contribution in [1.82, 2.24) is 0 Å². The fourth-order valence-corrected chi connectivity index (χ4v) is 1.54. The number of benzene rings is 1. The van der Waals surface area contributed by atoms with Gasteiger partial charge in [0, 0.05) is 5.56 Å². The predicted octanol–water partition coefficient (Wildman–Crippen LogP) is 3.71. The summed E-state index contributed by atoms with van der Waals surface area (Å²) in [6.45, 7) is 0. The van der Waals surface area contributed by atoms with E-state index in [2.05, 4.69) is 15.9 Å². The number of hydrogen-bond donors (Lipinski definition) is 0. The van der Waals surface area contributed by atoms with Crippen molar-refractivity contribution in [3.8, 4) is 0 Å². The molecule has 1 nitrogen and oxygen atoms in total. The monoisotopic (exact) mass is 284 g/mol. The molecule has 13 heavy (non-hydrogen) atoms. The summed E-state index contributed by atoms with van der Waals surface area (Å²) in [5.74, 6) is -0.857. The lowest BCUT2D eigenvalue weighted by molar-refractivity contribution is 0.102. The maximum atomic E-state index is 12.8. The van der Waals surface area contributed by atoms with Crippen molar-refractivity contribution in [1.29, 1.82) is 0 Å². The molecule has 1 aromatic rings. The van der Waals surface area contributed by atoms with Gasteiger partial charge in [-0.1, -0.05) is 39.1 Å². The molecule has 1 rings (SSSR count). The Morgan fingerprint density at radius 1 is 1.38 bits per heavy atom. The second-order valence-corrected chi connectivity index (χ2v) is 3.60. The normalized spacial score (nSPS) is 10.2. The van der Waals surface area contributed by atoms with Gasteiger partial charge in [0.1, 0.15) is 5.82 Å². The summed E-state index contributed by atoms with van der Waals surface area (Å²) >= 11 is 14.2. The first kappa shape index (κ1) is 11.0. The number of carbonyl (C=O) groups excluding carboxylic acids is 1. The van der Waals surface area contributed by atoms with E-state index in [1.807, 2.05) is 0 Å². The molecule has 0 N–H and O–H groups in total. The lowest BCUT2D eigenvalue weighted by atomic mass is 10.1. The molecule has 0 aromatic heterocycles. The van der Waals surface area contributed by atoms with Gasteiger partial charge in [0.25, 0.3) is 0 Å². The van der Waals surface area contributed by atoms with Crippen molar-refractivity contribution < 1.29 is 9.18 Å². The van der Waals surface area contributed by atoms with Crippen LogP contribution in [-0.4, -0.2) is 11.1 Å². The van der Waals surface area contributed by atoms with Crippen LogP contribution in [0.3, 0.4) is 0 Å². The fraction of sp³-hybridized carbons (Fsp3) is 0.125. The van der Waals surface area contributed by atoms with E-state index in [4.69, 9.17) is 23.2 Å². The van der Waals surface area contributed by atoms with E-state index in [1.54, 1.807) is 0 Å². The molecule has 0 aliphatic rings. The highest BCUT2D eigenvalue weighted by atomic mass is 79.9. The lowest BCUT2D eigenvalue weighted by Gasteiger charge is -2.03. The summed E-state index contributed by atoms with van der Waals surface area (Å²) in [4.78, 5) is 11.2. The third-order valence-corrected chi connectivity index (χ3v) is 2.83. The first-order valence-corrected chi connectivity index (χ1v) is 5.18. The molecule has 1 aromatic carbocycles. The maximum absolute atomic E-state index is 12.8. The minimum absolute atomic E-state index is 0.0360. The molecule has 0 heterocycles. The summed E-state index contributed by atoms with van der Waals surface area (Å²) in [5.41, 5.74) is 0.227. The summed E-state index contributed by atoms with van der Waals surface area (Å²) < 4.78 is 12.8. The average molecular weight is 286 g/mol. The summed E-state index contributed by atoms with van der Waals surface area (Å²) in [6.07, 6.45) is 0. The van der Waals surface area contributed by atoms with Crippen LogP contribution in [-0.2, 0) is 0 Å². The highest BCUT2D eigenvalue weighted by Crippen LogP contribution is 2.28. The number of carbonyl (C=O) groups is 1. The standard InChI is InChI=1S/C8H4BrCl2FO/c9-3-6(13)4-1-2-5(12)8(11)7(4)10/h1-2H,3H2.